The lowest BCUT2D eigenvalue weighted by atomic mass is 10.0. The number of rotatable bonds is 85. The fourth-order valence-electron chi connectivity index (χ4n) is 13.5. The number of phosphoric acid groups is 1. The van der Waals surface area contributed by atoms with Crippen LogP contribution in [0.25, 0.3) is 0 Å². The van der Waals surface area contributed by atoms with Crippen LogP contribution in [0.3, 0.4) is 0 Å². The molecule has 0 aliphatic rings. The van der Waals surface area contributed by atoms with Crippen LogP contribution in [0.4, 0.5) is 0 Å². The lowest BCUT2D eigenvalue weighted by Gasteiger charge is -2.28. The third-order valence-electron chi connectivity index (χ3n) is 20.4. The number of phosphoric ester groups is 1. The summed E-state index contributed by atoms with van der Waals surface area (Å²) in [5, 5.41) is 0. The van der Waals surface area contributed by atoms with E-state index in [1.807, 2.05) is 21.1 Å². The maximum atomic E-state index is 12.9. The molecule has 0 bridgehead atoms. The predicted octanol–water partition coefficient (Wildman–Crippen LogP) is 30.3. The lowest BCUT2D eigenvalue weighted by Crippen LogP contribution is -2.37. The SMILES string of the molecule is CC/C=C\C/C=C\C/C=C\C/C=C\C/C=C\C/C=C\C/C=C\C/C=C\CCCCCCCCCCCCCCCCCCC(=O)OC(COC(=O)CCCCCCCCCCCCCCCCCCCCCCCCCCCCCCCCCCCCCCCCCC)COP(=O)([O-])OCC[N+](C)(C)C. The Bertz CT molecular complexity index is 2100. The van der Waals surface area contributed by atoms with Crippen LogP contribution in [0.1, 0.15) is 444 Å². The molecule has 9 nitrogen and oxygen atoms in total. The molecular formula is C95H174NO8P. The minimum atomic E-state index is -4.65. The Balaban J connectivity index is 3.88. The van der Waals surface area contributed by atoms with Crippen LogP contribution >= 0.6 is 7.82 Å². The molecule has 0 amide bonds. The molecule has 0 aromatic rings. The molecule has 0 rings (SSSR count). The van der Waals surface area contributed by atoms with Gasteiger partial charge in [-0.25, -0.2) is 0 Å². The first kappa shape index (κ1) is 102. The molecule has 0 aliphatic heterocycles. The number of nitrogens with zero attached hydrogens (tertiary/aromatic N) is 1. The van der Waals surface area contributed by atoms with E-state index in [0.717, 1.165) is 89.9 Å². The van der Waals surface area contributed by atoms with E-state index < -0.39 is 26.5 Å². The van der Waals surface area contributed by atoms with Gasteiger partial charge in [-0.2, -0.15) is 0 Å². The first-order valence-electron chi connectivity index (χ1n) is 45.4. The van der Waals surface area contributed by atoms with E-state index in [2.05, 4.69) is 111 Å². The number of hydrogen-bond donors (Lipinski definition) is 0. The first-order valence-corrected chi connectivity index (χ1v) is 46.9. The van der Waals surface area contributed by atoms with Crippen LogP contribution in [-0.4, -0.2) is 70.0 Å². The first-order chi connectivity index (χ1) is 51.5. The Morgan fingerprint density at radius 1 is 0.305 bits per heavy atom. The van der Waals surface area contributed by atoms with Gasteiger partial charge < -0.3 is 27.9 Å². The summed E-state index contributed by atoms with van der Waals surface area (Å²) in [7, 11) is 1.18. The molecule has 0 saturated heterocycles. The van der Waals surface area contributed by atoms with Crippen molar-refractivity contribution in [3.8, 4) is 0 Å². The maximum Gasteiger partial charge on any atom is 0.306 e. The Kier molecular flexibility index (Phi) is 82.5. The second-order valence-corrected chi connectivity index (χ2v) is 33.4. The Morgan fingerprint density at radius 3 is 0.810 bits per heavy atom. The number of carbonyl (C=O) groups excluding carboxylic acids is 2. The van der Waals surface area contributed by atoms with E-state index in [-0.39, 0.29) is 32.0 Å². The van der Waals surface area contributed by atoms with Gasteiger partial charge in [0.2, 0.25) is 0 Å². The summed E-state index contributed by atoms with van der Waals surface area (Å²) in [6.07, 6.45) is 120. The average Bonchev–Trinajstić information content (AvgIpc) is 0.935. The number of quaternary nitrogens is 1. The molecule has 105 heavy (non-hydrogen) atoms. The number of likely N-dealkylation sites (N-methyl/N-ethyl adjacent to an activating group) is 1. The van der Waals surface area contributed by atoms with Gasteiger partial charge in [-0.3, -0.25) is 14.2 Å². The van der Waals surface area contributed by atoms with E-state index >= 15 is 0 Å². The second kappa shape index (κ2) is 84.9. The summed E-state index contributed by atoms with van der Waals surface area (Å²) in [5.41, 5.74) is 0. The van der Waals surface area contributed by atoms with Crippen molar-refractivity contribution in [1.29, 1.82) is 0 Å². The lowest BCUT2D eigenvalue weighted by molar-refractivity contribution is -0.870. The summed E-state index contributed by atoms with van der Waals surface area (Å²) in [4.78, 5) is 38.3. The fourth-order valence-corrected chi connectivity index (χ4v) is 14.2. The highest BCUT2D eigenvalue weighted by atomic mass is 31.2. The molecular weight excluding hydrogens is 1310 g/mol. The second-order valence-electron chi connectivity index (χ2n) is 31.9. The molecule has 2 unspecified atom stereocenters. The van der Waals surface area contributed by atoms with Gasteiger partial charge in [-0.1, -0.05) is 451 Å². The van der Waals surface area contributed by atoms with Gasteiger partial charge in [-0.15, -0.1) is 0 Å². The smallest absolute Gasteiger partial charge is 0.306 e. The third-order valence-corrected chi connectivity index (χ3v) is 21.3. The van der Waals surface area contributed by atoms with Crippen molar-refractivity contribution in [2.24, 2.45) is 0 Å². The van der Waals surface area contributed by atoms with Crippen molar-refractivity contribution in [1.82, 2.24) is 0 Å². The number of unbranched alkanes of at least 4 members (excludes halogenated alkanes) is 55. The van der Waals surface area contributed by atoms with Gasteiger partial charge in [0.25, 0.3) is 7.82 Å². The van der Waals surface area contributed by atoms with Gasteiger partial charge >= 0.3 is 11.9 Å². The van der Waals surface area contributed by atoms with Crippen molar-refractivity contribution >= 4 is 19.8 Å². The maximum absolute atomic E-state index is 12.9. The predicted molar refractivity (Wildman–Crippen MR) is 457 cm³/mol. The zero-order chi connectivity index (χ0) is 76.1. The molecule has 0 aliphatic carbocycles. The number of ether oxygens (including phenoxy) is 2. The summed E-state index contributed by atoms with van der Waals surface area (Å²) in [6, 6.07) is 0. The summed E-state index contributed by atoms with van der Waals surface area (Å²) < 4.78 is 34.5. The normalized spacial score (nSPS) is 13.4. The third kappa shape index (κ3) is 89.7. The van der Waals surface area contributed by atoms with Crippen LogP contribution in [0.5, 0.6) is 0 Å². The Labute approximate surface area is 653 Å². The number of hydrogen-bond acceptors (Lipinski definition) is 8. The minimum absolute atomic E-state index is 0.0306. The van der Waals surface area contributed by atoms with E-state index in [1.165, 1.54) is 321 Å². The van der Waals surface area contributed by atoms with Gasteiger partial charge in [0.15, 0.2) is 6.10 Å². The Morgan fingerprint density at radius 2 is 0.543 bits per heavy atom. The van der Waals surface area contributed by atoms with Crippen LogP contribution < -0.4 is 4.89 Å². The van der Waals surface area contributed by atoms with Gasteiger partial charge in [0, 0.05) is 12.8 Å². The van der Waals surface area contributed by atoms with Crippen molar-refractivity contribution in [2.45, 2.75) is 450 Å². The Hall–Kier alpha value is -3.07. The number of carbonyl (C=O) groups is 2. The fraction of sp³-hybridized carbons (Fsp3) is 0.811. The number of allylic oxidation sites excluding steroid dienone is 16. The topological polar surface area (TPSA) is 111 Å². The molecule has 0 aromatic carbocycles. The molecule has 612 valence electrons. The van der Waals surface area contributed by atoms with E-state index in [0.29, 0.717) is 17.4 Å². The molecule has 0 saturated carbocycles. The highest BCUT2D eigenvalue weighted by Crippen LogP contribution is 2.38. The standard InChI is InChI=1S/C95H174NO8P/c1-6-8-10-12-14-16-18-20-22-24-26-28-30-32-34-36-38-40-42-44-46-48-50-52-54-56-58-60-62-64-66-68-70-72-74-76-78-80-82-84-86-88-95(98)104-93(92-103-105(99,100)102-90-89-96(3,4)5)91-101-94(97)87-85-83-81-79-77-75-73-71-69-67-65-63-61-59-57-55-53-51-49-47-45-43-41-39-37-35-33-31-29-27-25-23-21-19-17-15-13-11-9-7-2/h8,10,14,16,20,22,26,28,32,34,38,40,44,46,50,52,93H,6-7,9,11-13,15,17-19,21,23-25,27,29-31,33,35-37,39,41-43,45,47-49,51,53-92H2,1-5H3/b10-8-,16-14-,22-20-,28-26-,34-32-,40-38-,46-44-,52-50-. The summed E-state index contributed by atoms with van der Waals surface area (Å²) >= 11 is 0. The van der Waals surface area contributed by atoms with Crippen molar-refractivity contribution in [2.75, 3.05) is 47.5 Å². The van der Waals surface area contributed by atoms with Crippen LogP contribution in [0, 0.1) is 0 Å². The van der Waals surface area contributed by atoms with E-state index in [1.54, 1.807) is 0 Å². The van der Waals surface area contributed by atoms with Crippen LogP contribution in [0.2, 0.25) is 0 Å². The molecule has 0 spiro atoms. The highest BCUT2D eigenvalue weighted by Gasteiger charge is 2.22. The van der Waals surface area contributed by atoms with E-state index in [9.17, 15) is 19.0 Å². The van der Waals surface area contributed by atoms with E-state index in [4.69, 9.17) is 18.5 Å². The molecule has 10 heteroatoms. The zero-order valence-electron chi connectivity index (χ0n) is 70.2. The average molecular weight is 1490 g/mol. The highest BCUT2D eigenvalue weighted by molar-refractivity contribution is 7.45. The summed E-state index contributed by atoms with van der Waals surface area (Å²) in [5.74, 6) is -0.813. The molecule has 0 aromatic heterocycles. The minimum Gasteiger partial charge on any atom is -0.756 e. The van der Waals surface area contributed by atoms with Gasteiger partial charge in [-0.05, 0) is 77.0 Å². The largest absolute Gasteiger partial charge is 0.756 e. The molecule has 2 atom stereocenters. The number of esters is 2. The summed E-state index contributed by atoms with van der Waals surface area (Å²) in [6.45, 7) is 4.20. The van der Waals surface area contributed by atoms with Crippen molar-refractivity contribution in [3.05, 3.63) is 97.2 Å². The molecule has 0 N–H and O–H groups in total. The quantitative estimate of drug-likeness (QED) is 0.0195. The van der Waals surface area contributed by atoms with Gasteiger partial charge in [0.05, 0.1) is 27.7 Å². The monoisotopic (exact) mass is 1490 g/mol. The van der Waals surface area contributed by atoms with Crippen molar-refractivity contribution in [3.63, 3.8) is 0 Å². The molecule has 0 fully saturated rings. The van der Waals surface area contributed by atoms with Crippen LogP contribution in [-0.2, 0) is 32.7 Å². The molecule has 0 radical (unpaired) electrons. The zero-order valence-corrected chi connectivity index (χ0v) is 71.1. The van der Waals surface area contributed by atoms with Gasteiger partial charge in [0.1, 0.15) is 19.8 Å². The molecule has 0 heterocycles. The van der Waals surface area contributed by atoms with Crippen molar-refractivity contribution < 1.29 is 42.1 Å². The van der Waals surface area contributed by atoms with Crippen LogP contribution in [0.15, 0.2) is 97.2 Å².